The second-order valence-electron chi connectivity index (χ2n) is 6.30. The molecule has 0 saturated carbocycles. The minimum atomic E-state index is -0.0276. The minimum absolute atomic E-state index is 0.0276. The van der Waals surface area contributed by atoms with E-state index >= 15 is 0 Å². The summed E-state index contributed by atoms with van der Waals surface area (Å²) in [5.41, 5.74) is 3.91. The quantitative estimate of drug-likeness (QED) is 0.644. The van der Waals surface area contributed by atoms with Crippen molar-refractivity contribution >= 4 is 17.3 Å². The van der Waals surface area contributed by atoms with Gasteiger partial charge in [-0.1, -0.05) is 54.0 Å². The highest BCUT2D eigenvalue weighted by molar-refractivity contribution is 6.31. The Morgan fingerprint density at radius 3 is 2.70 bits per heavy atom. The van der Waals surface area contributed by atoms with Gasteiger partial charge in [0, 0.05) is 22.1 Å². The van der Waals surface area contributed by atoms with E-state index in [4.69, 9.17) is 16.6 Å². The van der Waals surface area contributed by atoms with E-state index in [2.05, 4.69) is 57.2 Å². The second kappa shape index (κ2) is 4.89. The molecule has 0 fully saturated rings. The van der Waals surface area contributed by atoms with Gasteiger partial charge in [-0.25, -0.2) is 0 Å². The van der Waals surface area contributed by atoms with Gasteiger partial charge in [-0.3, -0.25) is 4.99 Å². The molecule has 1 nitrogen and oxygen atoms in total. The highest BCUT2D eigenvalue weighted by Gasteiger charge is 2.34. The molecule has 0 aromatic carbocycles. The summed E-state index contributed by atoms with van der Waals surface area (Å²) in [6.45, 7) is 6.56. The summed E-state index contributed by atoms with van der Waals surface area (Å²) in [5.74, 6) is 0.402. The number of halogens is 1. The van der Waals surface area contributed by atoms with Gasteiger partial charge in [0.15, 0.2) is 0 Å². The van der Waals surface area contributed by atoms with Gasteiger partial charge in [0.1, 0.15) is 0 Å². The van der Waals surface area contributed by atoms with Crippen molar-refractivity contribution in [3.8, 4) is 0 Å². The van der Waals surface area contributed by atoms with Crippen molar-refractivity contribution in [3.63, 3.8) is 0 Å². The van der Waals surface area contributed by atoms with E-state index in [0.717, 1.165) is 11.5 Å². The average molecular weight is 286 g/mol. The van der Waals surface area contributed by atoms with Crippen molar-refractivity contribution in [3.05, 3.63) is 58.7 Å². The van der Waals surface area contributed by atoms with Gasteiger partial charge in [0.05, 0.1) is 6.04 Å². The molecule has 2 heteroatoms. The molecule has 3 rings (SSSR count). The number of rotatable bonds is 1. The number of aliphatic imine (C=N–C) groups is 1. The lowest BCUT2D eigenvalue weighted by molar-refractivity contribution is 0.474. The van der Waals surface area contributed by atoms with Crippen molar-refractivity contribution in [2.45, 2.75) is 33.2 Å². The molecule has 0 aromatic rings. The molecule has 0 aromatic heterocycles. The summed E-state index contributed by atoms with van der Waals surface area (Å²) >= 11 is 6.14. The smallest absolute Gasteiger partial charge is 0.0823 e. The Hall–Kier alpha value is -1.34. The molecule has 1 aliphatic heterocycles. The summed E-state index contributed by atoms with van der Waals surface area (Å²) < 4.78 is 0. The van der Waals surface area contributed by atoms with Crippen LogP contribution in [0.4, 0.5) is 0 Å². The third-order valence-corrected chi connectivity index (χ3v) is 4.57. The monoisotopic (exact) mass is 285 g/mol. The largest absolute Gasteiger partial charge is 0.280 e. The van der Waals surface area contributed by atoms with Gasteiger partial charge in [0.2, 0.25) is 0 Å². The first-order valence-corrected chi connectivity index (χ1v) is 7.53. The maximum atomic E-state index is 6.14. The molecule has 1 heterocycles. The van der Waals surface area contributed by atoms with Gasteiger partial charge in [-0.15, -0.1) is 0 Å². The predicted octanol–water partition coefficient (Wildman–Crippen LogP) is 4.98. The average Bonchev–Trinajstić information content (AvgIpc) is 2.38. The van der Waals surface area contributed by atoms with Crippen LogP contribution in [0.2, 0.25) is 0 Å². The zero-order valence-corrected chi connectivity index (χ0v) is 13.0. The van der Waals surface area contributed by atoms with Crippen molar-refractivity contribution in [2.24, 2.45) is 16.3 Å². The van der Waals surface area contributed by atoms with Gasteiger partial charge in [-0.2, -0.15) is 0 Å². The summed E-state index contributed by atoms with van der Waals surface area (Å²) in [4.78, 5) is 4.96. The van der Waals surface area contributed by atoms with Crippen LogP contribution in [0.25, 0.3) is 0 Å². The molecule has 0 bridgehead atoms. The van der Waals surface area contributed by atoms with Crippen LogP contribution in [0.5, 0.6) is 0 Å². The molecule has 3 unspecified atom stereocenters. The van der Waals surface area contributed by atoms with Crippen LogP contribution >= 0.6 is 11.6 Å². The number of fused-ring (bicyclic) bond motifs is 1. The number of hydrogen-bond acceptors (Lipinski definition) is 1. The zero-order chi connectivity index (χ0) is 14.3. The van der Waals surface area contributed by atoms with Crippen molar-refractivity contribution in [1.82, 2.24) is 0 Å². The number of hydrogen-bond donors (Lipinski definition) is 0. The lowest BCUT2D eigenvalue weighted by Gasteiger charge is -2.35. The normalized spacial score (nSPS) is 35.8. The standard InChI is InChI=1S/C18H20ClN/c1-12-8-13(2)10-14(9-12)16-5-7-18(3)6-4-15(19)11-17(18)20-16/h4-9,11,14,17H,10H2,1-3H3. The number of dihydropyridines is 1. The van der Waals surface area contributed by atoms with Crippen LogP contribution in [-0.4, -0.2) is 11.8 Å². The zero-order valence-electron chi connectivity index (χ0n) is 12.2. The highest BCUT2D eigenvalue weighted by Crippen LogP contribution is 2.38. The fraction of sp³-hybridized carbons (Fsp3) is 0.389. The minimum Gasteiger partial charge on any atom is -0.280 e. The Morgan fingerprint density at radius 1 is 1.20 bits per heavy atom. The Kier molecular flexibility index (Phi) is 3.33. The third-order valence-electron chi connectivity index (χ3n) is 4.32. The van der Waals surface area contributed by atoms with Crippen molar-refractivity contribution in [2.75, 3.05) is 0 Å². The van der Waals surface area contributed by atoms with Crippen LogP contribution in [0, 0.1) is 11.3 Å². The molecule has 2 aliphatic carbocycles. The van der Waals surface area contributed by atoms with E-state index in [-0.39, 0.29) is 11.5 Å². The molecule has 3 atom stereocenters. The highest BCUT2D eigenvalue weighted by atomic mass is 35.5. The first kappa shape index (κ1) is 13.6. The Bertz CT molecular complexity index is 615. The molecular weight excluding hydrogens is 266 g/mol. The van der Waals surface area contributed by atoms with Crippen molar-refractivity contribution < 1.29 is 0 Å². The van der Waals surface area contributed by atoms with Crippen LogP contribution in [0.1, 0.15) is 27.2 Å². The van der Waals surface area contributed by atoms with Crippen LogP contribution < -0.4 is 0 Å². The number of allylic oxidation sites excluding steroid dienone is 7. The molecule has 0 spiro atoms. The summed E-state index contributed by atoms with van der Waals surface area (Å²) in [7, 11) is 0. The molecule has 104 valence electrons. The molecule has 3 aliphatic rings. The molecule has 0 N–H and O–H groups in total. The first-order chi connectivity index (χ1) is 9.46. The van der Waals surface area contributed by atoms with Gasteiger partial charge >= 0.3 is 0 Å². The van der Waals surface area contributed by atoms with Gasteiger partial charge in [-0.05, 0) is 38.5 Å². The van der Waals surface area contributed by atoms with Crippen molar-refractivity contribution in [1.29, 1.82) is 0 Å². The molecular formula is C18H20ClN. The Balaban J connectivity index is 1.91. The lowest BCUT2D eigenvalue weighted by atomic mass is 9.76. The van der Waals surface area contributed by atoms with E-state index in [1.165, 1.54) is 16.9 Å². The molecule has 0 saturated heterocycles. The fourth-order valence-corrected chi connectivity index (χ4v) is 3.35. The Labute approximate surface area is 126 Å². The topological polar surface area (TPSA) is 12.4 Å². The maximum Gasteiger partial charge on any atom is 0.0823 e. The summed E-state index contributed by atoms with van der Waals surface area (Å²) in [6, 6.07) is 0.125. The molecule has 0 amide bonds. The first-order valence-electron chi connectivity index (χ1n) is 7.15. The maximum absolute atomic E-state index is 6.14. The van der Waals surface area contributed by atoms with E-state index in [0.29, 0.717) is 5.92 Å². The van der Waals surface area contributed by atoms with Gasteiger partial charge < -0.3 is 0 Å². The summed E-state index contributed by atoms with van der Waals surface area (Å²) in [5, 5.41) is 0.789. The summed E-state index contributed by atoms with van der Waals surface area (Å²) in [6.07, 6.45) is 16.3. The lowest BCUT2D eigenvalue weighted by Crippen LogP contribution is -2.33. The van der Waals surface area contributed by atoms with E-state index in [1.807, 2.05) is 6.08 Å². The van der Waals surface area contributed by atoms with E-state index in [1.54, 1.807) is 0 Å². The fourth-order valence-electron chi connectivity index (χ4n) is 3.17. The Morgan fingerprint density at radius 2 is 1.95 bits per heavy atom. The molecule has 20 heavy (non-hydrogen) atoms. The van der Waals surface area contributed by atoms with E-state index in [9.17, 15) is 0 Å². The molecule has 0 radical (unpaired) electrons. The van der Waals surface area contributed by atoms with E-state index < -0.39 is 0 Å². The van der Waals surface area contributed by atoms with Crippen LogP contribution in [0.3, 0.4) is 0 Å². The number of nitrogens with zero attached hydrogens (tertiary/aromatic N) is 1. The second-order valence-corrected chi connectivity index (χ2v) is 6.73. The SMILES string of the molecule is CC1=CC(C2=NC3C=C(Cl)C=CC3(C)C=C2)CC(C)=C1. The van der Waals surface area contributed by atoms with Crippen LogP contribution in [0.15, 0.2) is 63.7 Å². The van der Waals surface area contributed by atoms with Gasteiger partial charge in [0.25, 0.3) is 0 Å². The van der Waals surface area contributed by atoms with Crippen LogP contribution in [-0.2, 0) is 0 Å². The third kappa shape index (κ3) is 2.47. The predicted molar refractivity (Wildman–Crippen MR) is 87.2 cm³/mol.